The molecular formula is C11H23N. The quantitative estimate of drug-likeness (QED) is 0.682. The molecule has 0 saturated heterocycles. The summed E-state index contributed by atoms with van der Waals surface area (Å²) in [5.41, 5.74) is 0.476. The van der Waals surface area contributed by atoms with Gasteiger partial charge in [-0.2, -0.15) is 0 Å². The highest BCUT2D eigenvalue weighted by atomic mass is 15.0. The number of rotatable bonds is 4. The third-order valence-electron chi connectivity index (χ3n) is 3.28. The topological polar surface area (TPSA) is 12.0 Å². The van der Waals surface area contributed by atoms with Crippen LogP contribution in [0.2, 0.25) is 0 Å². The van der Waals surface area contributed by atoms with Gasteiger partial charge in [0.05, 0.1) is 0 Å². The van der Waals surface area contributed by atoms with Crippen LogP contribution in [0, 0.1) is 5.92 Å². The van der Waals surface area contributed by atoms with Crippen molar-refractivity contribution in [1.29, 1.82) is 0 Å². The Balaban J connectivity index is 2.21. The second-order valence-electron chi connectivity index (χ2n) is 4.66. The van der Waals surface area contributed by atoms with Crippen LogP contribution in [-0.2, 0) is 0 Å². The average molecular weight is 169 g/mol. The molecule has 0 heterocycles. The third-order valence-corrected chi connectivity index (χ3v) is 3.28. The molecule has 1 atom stereocenters. The molecule has 1 saturated carbocycles. The number of hydrogen-bond acceptors (Lipinski definition) is 1. The van der Waals surface area contributed by atoms with Crippen molar-refractivity contribution in [3.05, 3.63) is 0 Å². The van der Waals surface area contributed by atoms with Crippen molar-refractivity contribution in [2.45, 2.75) is 58.4 Å². The molecule has 0 aromatic heterocycles. The first-order valence-electron chi connectivity index (χ1n) is 5.41. The van der Waals surface area contributed by atoms with Gasteiger partial charge in [0.1, 0.15) is 0 Å². The Morgan fingerprint density at radius 2 is 1.92 bits per heavy atom. The van der Waals surface area contributed by atoms with Gasteiger partial charge >= 0.3 is 0 Å². The first-order chi connectivity index (χ1) is 5.66. The molecule has 0 spiro atoms. The first kappa shape index (κ1) is 10.0. The van der Waals surface area contributed by atoms with Crippen LogP contribution in [0.3, 0.4) is 0 Å². The lowest BCUT2D eigenvalue weighted by Crippen LogP contribution is -2.41. The number of nitrogens with one attached hydrogen (secondary N) is 1. The minimum absolute atomic E-state index is 0.476. The largest absolute Gasteiger partial charge is 0.311 e. The summed E-state index contributed by atoms with van der Waals surface area (Å²) >= 11 is 0. The molecule has 0 bridgehead atoms. The Bertz CT molecular complexity index is 125. The van der Waals surface area contributed by atoms with Crippen molar-refractivity contribution in [3.63, 3.8) is 0 Å². The van der Waals surface area contributed by atoms with Crippen LogP contribution in [-0.4, -0.2) is 12.1 Å². The Morgan fingerprint density at radius 3 is 2.42 bits per heavy atom. The predicted molar refractivity (Wildman–Crippen MR) is 54.3 cm³/mol. The zero-order chi connectivity index (χ0) is 9.03. The van der Waals surface area contributed by atoms with E-state index in [-0.39, 0.29) is 0 Å². The van der Waals surface area contributed by atoms with E-state index in [0.717, 1.165) is 5.92 Å². The third kappa shape index (κ3) is 2.78. The molecule has 1 fully saturated rings. The van der Waals surface area contributed by atoms with E-state index in [1.165, 1.54) is 38.6 Å². The summed E-state index contributed by atoms with van der Waals surface area (Å²) in [6.07, 6.45) is 6.89. The van der Waals surface area contributed by atoms with Gasteiger partial charge in [-0.05, 0) is 32.2 Å². The lowest BCUT2D eigenvalue weighted by molar-refractivity contribution is 0.333. The summed E-state index contributed by atoms with van der Waals surface area (Å²) in [5, 5.41) is 3.71. The fourth-order valence-electron chi connectivity index (χ4n) is 1.90. The van der Waals surface area contributed by atoms with Gasteiger partial charge in [0, 0.05) is 5.54 Å². The van der Waals surface area contributed by atoms with Crippen molar-refractivity contribution >= 4 is 0 Å². The Hall–Kier alpha value is -0.0400. The van der Waals surface area contributed by atoms with E-state index in [4.69, 9.17) is 0 Å². The summed E-state index contributed by atoms with van der Waals surface area (Å²) < 4.78 is 0. The van der Waals surface area contributed by atoms with Crippen LogP contribution in [0.25, 0.3) is 0 Å². The Morgan fingerprint density at radius 1 is 1.33 bits per heavy atom. The SMILES string of the molecule is CCC(C)CNC1(C)CCCC1. The molecule has 0 aliphatic heterocycles. The lowest BCUT2D eigenvalue weighted by Gasteiger charge is -2.27. The monoisotopic (exact) mass is 169 g/mol. The van der Waals surface area contributed by atoms with Gasteiger partial charge in [-0.15, -0.1) is 0 Å². The van der Waals surface area contributed by atoms with Gasteiger partial charge in [0.2, 0.25) is 0 Å². The minimum atomic E-state index is 0.476. The molecule has 72 valence electrons. The van der Waals surface area contributed by atoms with Crippen molar-refractivity contribution in [1.82, 2.24) is 5.32 Å². The molecule has 12 heavy (non-hydrogen) atoms. The fraction of sp³-hybridized carbons (Fsp3) is 1.00. The van der Waals surface area contributed by atoms with Gasteiger partial charge in [0.15, 0.2) is 0 Å². The molecule has 1 aliphatic rings. The minimum Gasteiger partial charge on any atom is -0.311 e. The standard InChI is InChI=1S/C11H23N/c1-4-10(2)9-12-11(3)7-5-6-8-11/h10,12H,4-9H2,1-3H3. The van der Waals surface area contributed by atoms with Crippen LogP contribution in [0.4, 0.5) is 0 Å². The smallest absolute Gasteiger partial charge is 0.0153 e. The molecule has 1 rings (SSSR count). The van der Waals surface area contributed by atoms with E-state index in [2.05, 4.69) is 26.1 Å². The summed E-state index contributed by atoms with van der Waals surface area (Å²) in [6, 6.07) is 0. The zero-order valence-corrected chi connectivity index (χ0v) is 8.82. The molecule has 1 heteroatoms. The highest BCUT2D eigenvalue weighted by Crippen LogP contribution is 2.28. The van der Waals surface area contributed by atoms with Gasteiger partial charge < -0.3 is 5.32 Å². The highest BCUT2D eigenvalue weighted by molar-refractivity contribution is 4.88. The first-order valence-corrected chi connectivity index (χ1v) is 5.41. The molecule has 0 aromatic carbocycles. The fourth-order valence-corrected chi connectivity index (χ4v) is 1.90. The van der Waals surface area contributed by atoms with Crippen molar-refractivity contribution in [3.8, 4) is 0 Å². The van der Waals surface area contributed by atoms with Gasteiger partial charge in [-0.3, -0.25) is 0 Å². The Kier molecular flexibility index (Phi) is 3.57. The van der Waals surface area contributed by atoms with E-state index in [1.54, 1.807) is 0 Å². The van der Waals surface area contributed by atoms with Crippen LogP contribution in [0.5, 0.6) is 0 Å². The van der Waals surface area contributed by atoms with Crippen LogP contribution in [0.1, 0.15) is 52.9 Å². The van der Waals surface area contributed by atoms with Crippen molar-refractivity contribution in [2.24, 2.45) is 5.92 Å². The molecule has 0 aromatic rings. The van der Waals surface area contributed by atoms with Gasteiger partial charge in [-0.25, -0.2) is 0 Å². The molecule has 0 radical (unpaired) electrons. The molecule has 1 N–H and O–H groups in total. The summed E-state index contributed by atoms with van der Waals surface area (Å²) in [7, 11) is 0. The van der Waals surface area contributed by atoms with E-state index in [0.29, 0.717) is 5.54 Å². The summed E-state index contributed by atoms with van der Waals surface area (Å²) in [5.74, 6) is 0.836. The lowest BCUT2D eigenvalue weighted by atomic mass is 9.99. The number of hydrogen-bond donors (Lipinski definition) is 1. The summed E-state index contributed by atoms with van der Waals surface area (Å²) in [4.78, 5) is 0. The van der Waals surface area contributed by atoms with Crippen molar-refractivity contribution < 1.29 is 0 Å². The molecule has 0 amide bonds. The van der Waals surface area contributed by atoms with E-state index >= 15 is 0 Å². The van der Waals surface area contributed by atoms with E-state index in [1.807, 2.05) is 0 Å². The zero-order valence-electron chi connectivity index (χ0n) is 8.82. The maximum absolute atomic E-state index is 3.71. The second kappa shape index (κ2) is 4.27. The second-order valence-corrected chi connectivity index (χ2v) is 4.66. The van der Waals surface area contributed by atoms with Gasteiger partial charge in [-0.1, -0.05) is 33.1 Å². The maximum atomic E-state index is 3.71. The van der Waals surface area contributed by atoms with Crippen LogP contribution < -0.4 is 5.32 Å². The van der Waals surface area contributed by atoms with Crippen LogP contribution in [0.15, 0.2) is 0 Å². The highest BCUT2D eigenvalue weighted by Gasteiger charge is 2.27. The van der Waals surface area contributed by atoms with Gasteiger partial charge in [0.25, 0.3) is 0 Å². The van der Waals surface area contributed by atoms with Crippen LogP contribution >= 0.6 is 0 Å². The molecule has 1 nitrogen and oxygen atoms in total. The normalized spacial score (nSPS) is 24.2. The predicted octanol–water partition coefficient (Wildman–Crippen LogP) is 2.95. The maximum Gasteiger partial charge on any atom is 0.0153 e. The average Bonchev–Trinajstić information content (AvgIpc) is 2.49. The molecular weight excluding hydrogens is 146 g/mol. The van der Waals surface area contributed by atoms with Crippen molar-refractivity contribution in [2.75, 3.05) is 6.54 Å². The summed E-state index contributed by atoms with van der Waals surface area (Å²) in [6.45, 7) is 8.17. The molecule has 1 aliphatic carbocycles. The molecule has 1 unspecified atom stereocenters. The van der Waals surface area contributed by atoms with E-state index in [9.17, 15) is 0 Å². The Labute approximate surface area is 76.9 Å². The van der Waals surface area contributed by atoms with E-state index < -0.39 is 0 Å².